The van der Waals surface area contributed by atoms with Crippen LogP contribution in [0.25, 0.3) is 4.85 Å². The standard InChI is InChI=1S/C22H21NO11/c1-23-22-19(8-2-3-10(26)11(27)4-8)31-13-6-9(25)5-12(28)15(13)20(22)33-18-17(30)16(29)14(7-24)32-21(18)34-22/h1-6,14,16-21,24,29-30H,7H2,(H3-,25,26,27,28)/p+1/t14?,16?,17?,18?,19-,20+,21?,22-/m1/s1. The highest BCUT2D eigenvalue weighted by Gasteiger charge is 2.72. The SMILES string of the molecule is C#[N+][C@]12OC3OC(CO)C(O)C(O)C3O[C@H]1c1c(O)cc(O)cc1O[C@@H]2c1ccc(O)c(O)c1. The van der Waals surface area contributed by atoms with Crippen LogP contribution in [0.3, 0.4) is 0 Å². The molecular formula is C22H22NO11+. The van der Waals surface area contributed by atoms with Crippen molar-refractivity contribution in [2.75, 3.05) is 6.61 Å². The van der Waals surface area contributed by atoms with Gasteiger partial charge in [-0.1, -0.05) is 6.07 Å². The molecule has 2 aromatic rings. The van der Waals surface area contributed by atoms with Crippen LogP contribution in [0, 0.1) is 6.57 Å². The maximum atomic E-state index is 10.6. The van der Waals surface area contributed by atoms with Crippen molar-refractivity contribution in [3.05, 3.63) is 46.3 Å². The minimum Gasteiger partial charge on any atom is -0.508 e. The van der Waals surface area contributed by atoms with Crippen molar-refractivity contribution in [1.29, 1.82) is 0 Å². The van der Waals surface area contributed by atoms with Crippen molar-refractivity contribution in [3.63, 3.8) is 0 Å². The number of benzene rings is 2. The summed E-state index contributed by atoms with van der Waals surface area (Å²) < 4.78 is 23.8. The van der Waals surface area contributed by atoms with Gasteiger partial charge in [-0.15, -0.1) is 0 Å². The molecule has 5 rings (SSSR count). The van der Waals surface area contributed by atoms with Crippen LogP contribution in [0.15, 0.2) is 30.3 Å². The first kappa shape index (κ1) is 22.5. The highest BCUT2D eigenvalue weighted by atomic mass is 16.8. The van der Waals surface area contributed by atoms with Crippen molar-refractivity contribution in [2.45, 2.75) is 48.6 Å². The minimum absolute atomic E-state index is 0.00401. The lowest BCUT2D eigenvalue weighted by Gasteiger charge is -2.50. The van der Waals surface area contributed by atoms with Crippen molar-refractivity contribution >= 4 is 0 Å². The van der Waals surface area contributed by atoms with Gasteiger partial charge in [-0.2, -0.15) is 0 Å². The lowest BCUT2D eigenvalue weighted by atomic mass is 9.84. The number of phenolic OH excluding ortho intramolecular Hbond substituents is 4. The Labute approximate surface area is 192 Å². The molecule has 0 bridgehead atoms. The molecule has 0 radical (unpaired) electrons. The molecule has 2 fully saturated rings. The summed E-state index contributed by atoms with van der Waals surface area (Å²) in [7, 11) is 0. The summed E-state index contributed by atoms with van der Waals surface area (Å²) in [5.41, 5.74) is -1.76. The van der Waals surface area contributed by atoms with Crippen molar-refractivity contribution in [2.24, 2.45) is 0 Å². The van der Waals surface area contributed by atoms with Gasteiger partial charge in [0.1, 0.15) is 41.7 Å². The Hall–Kier alpha value is -3.31. The summed E-state index contributed by atoms with van der Waals surface area (Å²) in [6.45, 7) is 5.18. The lowest BCUT2D eigenvalue weighted by Crippen LogP contribution is -2.67. The lowest BCUT2D eigenvalue weighted by molar-refractivity contribution is -0.398. The molecule has 3 aliphatic rings. The molecule has 34 heavy (non-hydrogen) atoms. The van der Waals surface area contributed by atoms with E-state index in [0.29, 0.717) is 0 Å². The van der Waals surface area contributed by atoms with E-state index in [2.05, 4.69) is 4.85 Å². The fourth-order valence-electron chi connectivity index (χ4n) is 4.62. The monoisotopic (exact) mass is 476 g/mol. The van der Waals surface area contributed by atoms with E-state index in [4.69, 9.17) is 25.5 Å². The van der Waals surface area contributed by atoms with Gasteiger partial charge < -0.3 is 50.0 Å². The van der Waals surface area contributed by atoms with E-state index in [1.807, 2.05) is 0 Å². The summed E-state index contributed by atoms with van der Waals surface area (Å²) in [6.07, 6.45) is -9.54. The molecule has 180 valence electrons. The van der Waals surface area contributed by atoms with Crippen LogP contribution in [0.5, 0.6) is 28.7 Å². The van der Waals surface area contributed by atoms with Crippen LogP contribution in [0.2, 0.25) is 0 Å². The highest BCUT2D eigenvalue weighted by molar-refractivity contribution is 5.55. The number of ether oxygens (including phenoxy) is 4. The summed E-state index contributed by atoms with van der Waals surface area (Å²) >= 11 is 0. The average Bonchev–Trinajstić information content (AvgIpc) is 2.81. The molecule has 0 saturated carbocycles. The Morgan fingerprint density at radius 2 is 1.68 bits per heavy atom. The van der Waals surface area contributed by atoms with Gasteiger partial charge in [0.2, 0.25) is 12.2 Å². The van der Waals surface area contributed by atoms with Crippen molar-refractivity contribution < 1.29 is 54.7 Å². The fraction of sp³-hybridized carbons (Fsp3) is 0.409. The molecule has 0 aromatic heterocycles. The van der Waals surface area contributed by atoms with Gasteiger partial charge in [-0.25, -0.2) is 0 Å². The van der Waals surface area contributed by atoms with Gasteiger partial charge in [-0.05, 0) is 17.0 Å². The number of aliphatic hydroxyl groups is 3. The Morgan fingerprint density at radius 1 is 0.912 bits per heavy atom. The third-order valence-electron chi connectivity index (χ3n) is 6.29. The molecule has 5 unspecified atom stereocenters. The molecule has 0 amide bonds. The van der Waals surface area contributed by atoms with Gasteiger partial charge in [0.05, 0.1) is 12.2 Å². The third kappa shape index (κ3) is 3.14. The Bertz CT molecular complexity index is 1170. The van der Waals surface area contributed by atoms with Crippen LogP contribution in [-0.4, -0.2) is 78.8 Å². The summed E-state index contributed by atoms with van der Waals surface area (Å²) in [5, 5.41) is 70.8. The molecule has 3 aliphatic heterocycles. The predicted octanol–water partition coefficient (Wildman–Crippen LogP) is 0.197. The Kier molecular flexibility index (Phi) is 5.21. The van der Waals surface area contributed by atoms with Crippen LogP contribution in [-0.2, 0) is 14.2 Å². The zero-order chi connectivity index (χ0) is 24.4. The first-order valence-corrected chi connectivity index (χ1v) is 10.3. The molecule has 12 heteroatoms. The van der Waals surface area contributed by atoms with Gasteiger partial charge in [-0.3, -0.25) is 4.74 Å². The summed E-state index contributed by atoms with van der Waals surface area (Å²) in [6, 6.07) is 6.04. The van der Waals surface area contributed by atoms with Crippen LogP contribution >= 0.6 is 0 Å². The van der Waals surface area contributed by atoms with E-state index in [0.717, 1.165) is 6.07 Å². The molecule has 0 spiro atoms. The van der Waals surface area contributed by atoms with E-state index in [1.165, 1.54) is 24.3 Å². The number of nitrogens with zero attached hydrogens (tertiary/aromatic N) is 1. The normalized spacial score (nSPS) is 36.4. The zero-order valence-electron chi connectivity index (χ0n) is 17.4. The van der Waals surface area contributed by atoms with Gasteiger partial charge >= 0.3 is 5.72 Å². The quantitative estimate of drug-likeness (QED) is 0.294. The van der Waals surface area contributed by atoms with Gasteiger partial charge in [0.15, 0.2) is 17.8 Å². The predicted molar refractivity (Wildman–Crippen MR) is 110 cm³/mol. The Morgan fingerprint density at radius 3 is 2.35 bits per heavy atom. The topological polar surface area (TPSA) is 183 Å². The van der Waals surface area contributed by atoms with Gasteiger partial charge in [0.25, 0.3) is 6.57 Å². The summed E-state index contributed by atoms with van der Waals surface area (Å²) in [4.78, 5) is 3.88. The second kappa shape index (κ2) is 7.88. The van der Waals surface area contributed by atoms with E-state index < -0.39 is 72.5 Å². The summed E-state index contributed by atoms with van der Waals surface area (Å²) in [5.74, 6) is -1.66. The number of phenols is 4. The maximum absolute atomic E-state index is 10.6. The molecule has 2 saturated heterocycles. The Balaban J connectivity index is 1.68. The largest absolute Gasteiger partial charge is 0.508 e. The number of rotatable bonds is 2. The molecule has 8 atom stereocenters. The first-order valence-electron chi connectivity index (χ1n) is 10.3. The molecular weight excluding hydrogens is 454 g/mol. The van der Waals surface area contributed by atoms with Gasteiger partial charge in [0, 0.05) is 17.7 Å². The van der Waals surface area contributed by atoms with Crippen molar-refractivity contribution in [1.82, 2.24) is 0 Å². The zero-order valence-corrected chi connectivity index (χ0v) is 17.4. The van der Waals surface area contributed by atoms with Crippen LogP contribution in [0.4, 0.5) is 0 Å². The number of hydrogen-bond donors (Lipinski definition) is 7. The molecule has 7 N–H and O–H groups in total. The first-order chi connectivity index (χ1) is 16.2. The van der Waals surface area contributed by atoms with E-state index >= 15 is 0 Å². The van der Waals surface area contributed by atoms with E-state index in [9.17, 15) is 35.7 Å². The second-order valence-corrected chi connectivity index (χ2v) is 8.31. The highest BCUT2D eigenvalue weighted by Crippen LogP contribution is 2.59. The fourth-order valence-corrected chi connectivity index (χ4v) is 4.62. The third-order valence-corrected chi connectivity index (χ3v) is 6.29. The van der Waals surface area contributed by atoms with E-state index in [1.54, 1.807) is 0 Å². The average molecular weight is 476 g/mol. The maximum Gasteiger partial charge on any atom is 0.458 e. The smallest absolute Gasteiger partial charge is 0.458 e. The molecule has 3 heterocycles. The molecule has 0 aliphatic carbocycles. The number of aliphatic hydroxyl groups excluding tert-OH is 3. The number of fused-ring (bicyclic) bond motifs is 4. The minimum atomic E-state index is -1.98. The number of hydrogen-bond acceptors (Lipinski definition) is 11. The molecule has 2 aromatic carbocycles. The van der Waals surface area contributed by atoms with Crippen LogP contribution in [0.1, 0.15) is 23.3 Å². The van der Waals surface area contributed by atoms with Crippen molar-refractivity contribution in [3.8, 4) is 35.3 Å². The number of aromatic hydroxyl groups is 4. The second-order valence-electron chi connectivity index (χ2n) is 8.31. The van der Waals surface area contributed by atoms with Crippen LogP contribution < -0.4 is 4.74 Å². The van der Waals surface area contributed by atoms with E-state index in [-0.39, 0.29) is 22.6 Å². The molecule has 12 nitrogen and oxygen atoms in total.